The third-order valence-corrected chi connectivity index (χ3v) is 4.02. The molecule has 0 bridgehead atoms. The summed E-state index contributed by atoms with van der Waals surface area (Å²) >= 11 is 0. The van der Waals surface area contributed by atoms with Gasteiger partial charge in [-0.3, -0.25) is 4.79 Å². The number of nitrogens with one attached hydrogen (secondary N) is 2. The molecule has 0 aliphatic carbocycles. The minimum Gasteiger partial charge on any atom is -0.355 e. The number of carbonyl (C=O) groups is 1. The SMILES string of the molecule is CC(CNC1CCCCNC1=O)CN1CCCC1. The molecule has 0 aromatic rings. The van der Waals surface area contributed by atoms with E-state index in [2.05, 4.69) is 22.5 Å². The van der Waals surface area contributed by atoms with Gasteiger partial charge in [0, 0.05) is 13.1 Å². The van der Waals surface area contributed by atoms with Crippen molar-refractivity contribution in [1.29, 1.82) is 0 Å². The van der Waals surface area contributed by atoms with Crippen LogP contribution in [0.3, 0.4) is 0 Å². The highest BCUT2D eigenvalue weighted by molar-refractivity contribution is 5.81. The number of hydrogen-bond acceptors (Lipinski definition) is 3. The molecule has 2 aliphatic heterocycles. The molecule has 0 aromatic heterocycles. The lowest BCUT2D eigenvalue weighted by Crippen LogP contribution is -2.45. The Morgan fingerprint density at radius 2 is 2.11 bits per heavy atom. The van der Waals surface area contributed by atoms with Crippen molar-refractivity contribution < 1.29 is 4.79 Å². The van der Waals surface area contributed by atoms with Crippen molar-refractivity contribution in [2.45, 2.75) is 45.1 Å². The Balaban J connectivity index is 1.67. The fourth-order valence-corrected chi connectivity index (χ4v) is 2.95. The maximum atomic E-state index is 11.8. The van der Waals surface area contributed by atoms with E-state index in [1.807, 2.05) is 0 Å². The molecule has 2 heterocycles. The highest BCUT2D eigenvalue weighted by Crippen LogP contribution is 2.10. The van der Waals surface area contributed by atoms with Crippen LogP contribution in [0.1, 0.15) is 39.0 Å². The first kappa shape index (κ1) is 13.8. The van der Waals surface area contributed by atoms with Gasteiger partial charge in [0.05, 0.1) is 6.04 Å². The summed E-state index contributed by atoms with van der Waals surface area (Å²) in [5.41, 5.74) is 0. The molecule has 2 unspecified atom stereocenters. The zero-order valence-corrected chi connectivity index (χ0v) is 11.6. The van der Waals surface area contributed by atoms with Gasteiger partial charge in [0.1, 0.15) is 0 Å². The summed E-state index contributed by atoms with van der Waals surface area (Å²) in [6.45, 7) is 7.76. The Kier molecular flexibility index (Phi) is 5.45. The first-order valence-corrected chi connectivity index (χ1v) is 7.49. The normalized spacial score (nSPS) is 27.8. The van der Waals surface area contributed by atoms with Gasteiger partial charge in [0.15, 0.2) is 0 Å². The largest absolute Gasteiger partial charge is 0.355 e. The summed E-state index contributed by atoms with van der Waals surface area (Å²) < 4.78 is 0. The topological polar surface area (TPSA) is 44.4 Å². The van der Waals surface area contributed by atoms with Crippen LogP contribution in [-0.4, -0.2) is 49.6 Å². The summed E-state index contributed by atoms with van der Waals surface area (Å²) in [6, 6.07) is 0.0357. The molecule has 2 N–H and O–H groups in total. The fourth-order valence-electron chi connectivity index (χ4n) is 2.95. The van der Waals surface area contributed by atoms with E-state index >= 15 is 0 Å². The molecule has 0 spiro atoms. The summed E-state index contributed by atoms with van der Waals surface area (Å²) in [7, 11) is 0. The van der Waals surface area contributed by atoms with Gasteiger partial charge in [-0.2, -0.15) is 0 Å². The molecule has 4 nitrogen and oxygen atoms in total. The quantitative estimate of drug-likeness (QED) is 0.767. The number of rotatable bonds is 5. The van der Waals surface area contributed by atoms with Crippen LogP contribution < -0.4 is 10.6 Å². The van der Waals surface area contributed by atoms with Gasteiger partial charge in [0.2, 0.25) is 5.91 Å². The average Bonchev–Trinajstić information content (AvgIpc) is 2.76. The molecule has 4 heteroatoms. The van der Waals surface area contributed by atoms with E-state index in [1.54, 1.807) is 0 Å². The minimum atomic E-state index is 0.0357. The van der Waals surface area contributed by atoms with Gasteiger partial charge < -0.3 is 15.5 Å². The molecule has 2 saturated heterocycles. The second kappa shape index (κ2) is 7.10. The van der Waals surface area contributed by atoms with Crippen LogP contribution in [0.4, 0.5) is 0 Å². The summed E-state index contributed by atoms with van der Waals surface area (Å²) in [6.07, 6.45) is 5.96. The molecule has 0 radical (unpaired) electrons. The smallest absolute Gasteiger partial charge is 0.237 e. The number of hydrogen-bond donors (Lipinski definition) is 2. The molecule has 2 aliphatic rings. The molecule has 0 aromatic carbocycles. The fraction of sp³-hybridized carbons (Fsp3) is 0.929. The van der Waals surface area contributed by atoms with Crippen molar-refractivity contribution >= 4 is 5.91 Å². The van der Waals surface area contributed by atoms with Crippen molar-refractivity contribution in [1.82, 2.24) is 15.5 Å². The Bertz CT molecular complexity index is 264. The maximum Gasteiger partial charge on any atom is 0.237 e. The van der Waals surface area contributed by atoms with Gasteiger partial charge in [-0.1, -0.05) is 6.92 Å². The minimum absolute atomic E-state index is 0.0357. The molecular formula is C14H27N3O. The lowest BCUT2D eigenvalue weighted by Gasteiger charge is -2.22. The van der Waals surface area contributed by atoms with E-state index in [0.29, 0.717) is 5.92 Å². The second-order valence-electron chi connectivity index (χ2n) is 5.86. The second-order valence-corrected chi connectivity index (χ2v) is 5.86. The Morgan fingerprint density at radius 3 is 2.89 bits per heavy atom. The Morgan fingerprint density at radius 1 is 1.33 bits per heavy atom. The third kappa shape index (κ3) is 4.25. The van der Waals surface area contributed by atoms with Crippen LogP contribution in [0.15, 0.2) is 0 Å². The van der Waals surface area contributed by atoms with Crippen molar-refractivity contribution in [3.05, 3.63) is 0 Å². The molecule has 2 atom stereocenters. The van der Waals surface area contributed by atoms with Gasteiger partial charge >= 0.3 is 0 Å². The van der Waals surface area contributed by atoms with Crippen LogP contribution in [0.2, 0.25) is 0 Å². The van der Waals surface area contributed by atoms with E-state index in [-0.39, 0.29) is 11.9 Å². The van der Waals surface area contributed by atoms with E-state index < -0.39 is 0 Å². The molecule has 18 heavy (non-hydrogen) atoms. The van der Waals surface area contributed by atoms with Gasteiger partial charge in [-0.05, 0) is 57.7 Å². The van der Waals surface area contributed by atoms with Crippen LogP contribution in [0.5, 0.6) is 0 Å². The summed E-state index contributed by atoms with van der Waals surface area (Å²) in [5.74, 6) is 0.819. The number of carbonyl (C=O) groups excluding carboxylic acids is 1. The predicted octanol–water partition coefficient (Wildman–Crippen LogP) is 0.977. The Hall–Kier alpha value is -0.610. The van der Waals surface area contributed by atoms with Gasteiger partial charge in [0.25, 0.3) is 0 Å². The zero-order valence-electron chi connectivity index (χ0n) is 11.6. The predicted molar refractivity (Wildman–Crippen MR) is 73.5 cm³/mol. The van der Waals surface area contributed by atoms with Crippen LogP contribution >= 0.6 is 0 Å². The molecule has 0 saturated carbocycles. The standard InChI is InChI=1S/C14H27N3O/c1-12(11-17-8-4-5-9-17)10-16-13-6-2-3-7-15-14(13)18/h12-13,16H,2-11H2,1H3,(H,15,18). The molecular weight excluding hydrogens is 226 g/mol. The molecule has 104 valence electrons. The maximum absolute atomic E-state index is 11.8. The van der Waals surface area contributed by atoms with Crippen LogP contribution in [-0.2, 0) is 4.79 Å². The number of likely N-dealkylation sites (tertiary alicyclic amines) is 1. The first-order chi connectivity index (χ1) is 8.75. The monoisotopic (exact) mass is 253 g/mol. The van der Waals surface area contributed by atoms with Crippen LogP contribution in [0.25, 0.3) is 0 Å². The highest BCUT2D eigenvalue weighted by atomic mass is 16.2. The average molecular weight is 253 g/mol. The van der Waals surface area contributed by atoms with Crippen molar-refractivity contribution in [3.8, 4) is 0 Å². The van der Waals surface area contributed by atoms with E-state index in [4.69, 9.17) is 0 Å². The summed E-state index contributed by atoms with van der Waals surface area (Å²) in [5, 5.41) is 6.43. The van der Waals surface area contributed by atoms with Crippen molar-refractivity contribution in [2.24, 2.45) is 5.92 Å². The van der Waals surface area contributed by atoms with Gasteiger partial charge in [-0.15, -0.1) is 0 Å². The highest BCUT2D eigenvalue weighted by Gasteiger charge is 2.21. The van der Waals surface area contributed by atoms with Crippen LogP contribution in [0, 0.1) is 5.92 Å². The third-order valence-electron chi connectivity index (χ3n) is 4.02. The van der Waals surface area contributed by atoms with Crippen molar-refractivity contribution in [2.75, 3.05) is 32.7 Å². The van der Waals surface area contributed by atoms with Crippen molar-refractivity contribution in [3.63, 3.8) is 0 Å². The van der Waals surface area contributed by atoms with E-state index in [1.165, 1.54) is 32.5 Å². The zero-order chi connectivity index (χ0) is 12.8. The first-order valence-electron chi connectivity index (χ1n) is 7.49. The Labute approximate surface area is 110 Å². The summed E-state index contributed by atoms with van der Waals surface area (Å²) in [4.78, 5) is 14.3. The molecule has 1 amide bonds. The molecule has 2 fully saturated rings. The van der Waals surface area contributed by atoms with Gasteiger partial charge in [-0.25, -0.2) is 0 Å². The van der Waals surface area contributed by atoms with E-state index in [0.717, 1.165) is 32.4 Å². The lowest BCUT2D eigenvalue weighted by atomic mass is 10.1. The lowest BCUT2D eigenvalue weighted by molar-refractivity contribution is -0.122. The van der Waals surface area contributed by atoms with E-state index in [9.17, 15) is 4.79 Å². The number of nitrogens with zero attached hydrogens (tertiary/aromatic N) is 1. The number of amides is 1. The molecule has 2 rings (SSSR count).